The van der Waals surface area contributed by atoms with Gasteiger partial charge in [0.05, 0.1) is 18.4 Å². The van der Waals surface area contributed by atoms with Crippen molar-refractivity contribution in [2.75, 3.05) is 17.7 Å². The zero-order valence-electron chi connectivity index (χ0n) is 15.6. The minimum absolute atomic E-state index is 0.309. The van der Waals surface area contributed by atoms with Gasteiger partial charge in [-0.05, 0) is 31.2 Å². The van der Waals surface area contributed by atoms with Crippen molar-refractivity contribution in [2.24, 2.45) is 0 Å². The number of fused-ring (bicyclic) bond motifs is 1. The fourth-order valence-corrected chi connectivity index (χ4v) is 3.85. The van der Waals surface area contributed by atoms with Crippen molar-refractivity contribution in [1.82, 2.24) is 14.8 Å². The Kier molecular flexibility index (Phi) is 5.17. The monoisotopic (exact) mass is 429 g/mol. The van der Waals surface area contributed by atoms with Crippen LogP contribution >= 0.6 is 23.2 Å². The third kappa shape index (κ3) is 3.54. The molecule has 0 spiro atoms. The Balaban J connectivity index is 1.80. The van der Waals surface area contributed by atoms with Crippen molar-refractivity contribution in [2.45, 2.75) is 13.0 Å². The Labute approximate surface area is 177 Å². The lowest BCUT2D eigenvalue weighted by atomic mass is 9.95. The predicted molar refractivity (Wildman–Crippen MR) is 113 cm³/mol. The lowest BCUT2D eigenvalue weighted by Gasteiger charge is -2.29. The number of carbonyl (C=O) groups is 1. The molecule has 0 radical (unpaired) electrons. The molecule has 2 aromatic carbocycles. The highest BCUT2D eigenvalue weighted by atomic mass is 35.5. The third-order valence-corrected chi connectivity index (χ3v) is 5.21. The Morgan fingerprint density at radius 3 is 2.79 bits per heavy atom. The molecular formula is C20H17Cl2N5O2. The van der Waals surface area contributed by atoms with Gasteiger partial charge >= 0.3 is 0 Å². The Hall–Kier alpha value is -3.03. The van der Waals surface area contributed by atoms with E-state index in [-0.39, 0.29) is 5.91 Å². The van der Waals surface area contributed by atoms with Crippen molar-refractivity contribution < 1.29 is 9.53 Å². The predicted octanol–water partition coefficient (Wildman–Crippen LogP) is 4.52. The summed E-state index contributed by atoms with van der Waals surface area (Å²) in [4.78, 5) is 17.6. The standard InChI is InChI=1S/C20H17Cl2N5O2/c1-11-17(19(28)26-15-5-3-4-6-16(15)29-2)18(27-20(25-11)23-10-24-27)13-8-7-12(21)9-14(13)22/h3-10,18H,1-2H3,(H,26,28)(H,23,24,25)/t18-/m1/s1. The molecule has 148 valence electrons. The van der Waals surface area contributed by atoms with Crippen LogP contribution in [0.1, 0.15) is 18.5 Å². The number of carbonyl (C=O) groups excluding carboxylic acids is 1. The molecule has 1 aliphatic rings. The first-order valence-electron chi connectivity index (χ1n) is 8.76. The van der Waals surface area contributed by atoms with E-state index in [1.54, 1.807) is 42.1 Å². The van der Waals surface area contributed by atoms with Crippen LogP contribution in [0.25, 0.3) is 0 Å². The molecule has 1 atom stereocenters. The lowest BCUT2D eigenvalue weighted by Crippen LogP contribution is -2.31. The van der Waals surface area contributed by atoms with E-state index in [2.05, 4.69) is 20.7 Å². The lowest BCUT2D eigenvalue weighted by molar-refractivity contribution is -0.113. The molecule has 0 saturated carbocycles. The van der Waals surface area contributed by atoms with Crippen molar-refractivity contribution in [3.63, 3.8) is 0 Å². The van der Waals surface area contributed by atoms with E-state index < -0.39 is 6.04 Å². The fraction of sp³-hybridized carbons (Fsp3) is 0.150. The molecule has 9 heteroatoms. The summed E-state index contributed by atoms with van der Waals surface area (Å²) in [7, 11) is 1.55. The second-order valence-corrected chi connectivity index (χ2v) is 7.26. The number of anilines is 2. The second kappa shape index (κ2) is 7.77. The minimum Gasteiger partial charge on any atom is -0.495 e. The number of ether oxygens (including phenoxy) is 1. The maximum atomic E-state index is 13.3. The average molecular weight is 430 g/mol. The Morgan fingerprint density at radius 1 is 1.24 bits per heavy atom. The van der Waals surface area contributed by atoms with E-state index in [0.29, 0.717) is 44.3 Å². The van der Waals surface area contributed by atoms with Crippen LogP contribution in [0.3, 0.4) is 0 Å². The fourth-order valence-electron chi connectivity index (χ4n) is 3.33. The van der Waals surface area contributed by atoms with E-state index >= 15 is 0 Å². The minimum atomic E-state index is -0.576. The molecule has 29 heavy (non-hydrogen) atoms. The van der Waals surface area contributed by atoms with Crippen LogP contribution in [0.5, 0.6) is 5.75 Å². The molecule has 3 aromatic rings. The molecule has 0 bridgehead atoms. The number of hydrogen-bond acceptors (Lipinski definition) is 5. The SMILES string of the molecule is COc1ccccc1NC(=O)C1=C(C)Nc2ncnn2[C@@H]1c1ccc(Cl)cc1Cl. The normalized spacial score (nSPS) is 15.5. The highest BCUT2D eigenvalue weighted by molar-refractivity contribution is 6.35. The molecule has 0 unspecified atom stereocenters. The number of allylic oxidation sites excluding steroid dienone is 1. The smallest absolute Gasteiger partial charge is 0.255 e. The zero-order valence-corrected chi connectivity index (χ0v) is 17.1. The summed E-state index contributed by atoms with van der Waals surface area (Å²) >= 11 is 12.5. The van der Waals surface area contributed by atoms with Crippen LogP contribution in [0.4, 0.5) is 11.6 Å². The zero-order chi connectivity index (χ0) is 20.5. The van der Waals surface area contributed by atoms with E-state index in [4.69, 9.17) is 27.9 Å². The van der Waals surface area contributed by atoms with Crippen LogP contribution in [0.2, 0.25) is 10.0 Å². The second-order valence-electron chi connectivity index (χ2n) is 6.41. The van der Waals surface area contributed by atoms with Gasteiger partial charge in [0.1, 0.15) is 18.1 Å². The molecule has 2 heterocycles. The average Bonchev–Trinajstić information content (AvgIpc) is 3.15. The largest absolute Gasteiger partial charge is 0.495 e. The number of methoxy groups -OCH3 is 1. The van der Waals surface area contributed by atoms with Crippen LogP contribution < -0.4 is 15.4 Å². The molecule has 2 N–H and O–H groups in total. The van der Waals surface area contributed by atoms with Gasteiger partial charge in [0.15, 0.2) is 0 Å². The van der Waals surface area contributed by atoms with Gasteiger partial charge in [-0.15, -0.1) is 0 Å². The number of para-hydroxylation sites is 2. The first-order chi connectivity index (χ1) is 14.0. The topological polar surface area (TPSA) is 81.1 Å². The van der Waals surface area contributed by atoms with Gasteiger partial charge in [0.25, 0.3) is 5.91 Å². The Bertz CT molecular complexity index is 1130. The van der Waals surface area contributed by atoms with Crippen LogP contribution in [-0.2, 0) is 4.79 Å². The van der Waals surface area contributed by atoms with Gasteiger partial charge in [-0.3, -0.25) is 4.79 Å². The molecular weight excluding hydrogens is 413 g/mol. The molecule has 0 fully saturated rings. The van der Waals surface area contributed by atoms with Gasteiger partial charge in [-0.1, -0.05) is 41.4 Å². The summed E-state index contributed by atoms with van der Waals surface area (Å²) in [6, 6.07) is 11.8. The summed E-state index contributed by atoms with van der Waals surface area (Å²) in [5.41, 5.74) is 2.35. The molecule has 1 amide bonds. The Morgan fingerprint density at radius 2 is 2.03 bits per heavy atom. The van der Waals surface area contributed by atoms with Gasteiger partial charge in [0.2, 0.25) is 5.95 Å². The van der Waals surface area contributed by atoms with E-state index in [9.17, 15) is 4.79 Å². The number of nitrogens with one attached hydrogen (secondary N) is 2. The molecule has 0 saturated heterocycles. The van der Waals surface area contributed by atoms with Crippen molar-refractivity contribution in [1.29, 1.82) is 0 Å². The number of hydrogen-bond donors (Lipinski definition) is 2. The summed E-state index contributed by atoms with van der Waals surface area (Å²) in [5.74, 6) is 0.773. The number of amides is 1. The number of rotatable bonds is 4. The van der Waals surface area contributed by atoms with Crippen molar-refractivity contribution in [3.8, 4) is 5.75 Å². The molecule has 1 aliphatic heterocycles. The summed E-state index contributed by atoms with van der Waals surface area (Å²) in [5, 5.41) is 11.3. The van der Waals surface area contributed by atoms with E-state index in [1.165, 1.54) is 6.33 Å². The number of nitrogens with zero attached hydrogens (tertiary/aromatic N) is 3. The van der Waals surface area contributed by atoms with Gasteiger partial charge in [-0.25, -0.2) is 4.68 Å². The summed E-state index contributed by atoms with van der Waals surface area (Å²) in [6.07, 6.45) is 1.42. The van der Waals surface area contributed by atoms with Crippen LogP contribution in [-0.4, -0.2) is 27.8 Å². The summed E-state index contributed by atoms with van der Waals surface area (Å²) < 4.78 is 6.96. The highest BCUT2D eigenvalue weighted by Crippen LogP contribution is 2.39. The van der Waals surface area contributed by atoms with Gasteiger partial charge in [0, 0.05) is 21.3 Å². The van der Waals surface area contributed by atoms with Crippen LogP contribution in [0.15, 0.2) is 60.1 Å². The maximum absolute atomic E-state index is 13.3. The number of benzene rings is 2. The highest BCUT2D eigenvalue weighted by Gasteiger charge is 2.34. The van der Waals surface area contributed by atoms with E-state index in [1.807, 2.05) is 19.1 Å². The van der Waals surface area contributed by atoms with Crippen molar-refractivity contribution >= 4 is 40.7 Å². The number of halogens is 2. The van der Waals surface area contributed by atoms with Crippen molar-refractivity contribution in [3.05, 3.63) is 75.7 Å². The first kappa shape index (κ1) is 19.3. The number of aromatic nitrogens is 3. The molecule has 7 nitrogen and oxygen atoms in total. The maximum Gasteiger partial charge on any atom is 0.255 e. The quantitative estimate of drug-likeness (QED) is 0.636. The third-order valence-electron chi connectivity index (χ3n) is 4.65. The van der Waals surface area contributed by atoms with Gasteiger partial charge in [-0.2, -0.15) is 10.1 Å². The molecule has 1 aromatic heterocycles. The van der Waals surface area contributed by atoms with Gasteiger partial charge < -0.3 is 15.4 Å². The first-order valence-corrected chi connectivity index (χ1v) is 9.51. The molecule has 4 rings (SSSR count). The van der Waals surface area contributed by atoms with E-state index in [0.717, 1.165) is 0 Å². The van der Waals surface area contributed by atoms with Crippen LogP contribution in [0, 0.1) is 0 Å². The summed E-state index contributed by atoms with van der Waals surface area (Å²) in [6.45, 7) is 1.81. The molecule has 0 aliphatic carbocycles.